The number of phenolic OH excluding ortho intramolecular Hbond substituents is 1. The van der Waals surface area contributed by atoms with Crippen LogP contribution >= 0.6 is 0 Å². The first-order valence-electron chi connectivity index (χ1n) is 7.65. The van der Waals surface area contributed by atoms with Crippen molar-refractivity contribution in [2.45, 2.75) is 12.2 Å². The van der Waals surface area contributed by atoms with Crippen molar-refractivity contribution in [1.29, 1.82) is 0 Å². The van der Waals surface area contributed by atoms with Crippen LogP contribution in [0.1, 0.15) is 28.9 Å². The van der Waals surface area contributed by atoms with Gasteiger partial charge in [0.2, 0.25) is 0 Å². The summed E-state index contributed by atoms with van der Waals surface area (Å²) < 4.78 is 16.9. The molecule has 1 aliphatic heterocycles. The summed E-state index contributed by atoms with van der Waals surface area (Å²) in [5, 5.41) is 18.7. The highest BCUT2D eigenvalue weighted by atomic mass is 16.5. The molecule has 5 heteroatoms. The zero-order valence-electron chi connectivity index (χ0n) is 13.6. The number of phenols is 1. The van der Waals surface area contributed by atoms with E-state index in [-0.39, 0.29) is 24.6 Å². The van der Waals surface area contributed by atoms with Crippen LogP contribution < -0.4 is 9.47 Å². The van der Waals surface area contributed by atoms with Crippen LogP contribution in [0.4, 0.5) is 0 Å². The zero-order valence-corrected chi connectivity index (χ0v) is 13.6. The van der Waals surface area contributed by atoms with E-state index >= 15 is 0 Å². The van der Waals surface area contributed by atoms with Gasteiger partial charge in [0, 0.05) is 12.7 Å². The van der Waals surface area contributed by atoms with E-state index in [0.29, 0.717) is 5.75 Å². The maximum Gasteiger partial charge on any atom is 0.160 e. The number of aliphatic hydroxyl groups excluding tert-OH is 1. The van der Waals surface area contributed by atoms with Crippen molar-refractivity contribution in [3.05, 3.63) is 59.2 Å². The molecule has 0 amide bonds. The van der Waals surface area contributed by atoms with E-state index in [2.05, 4.69) is 0 Å². The lowest BCUT2D eigenvalue weighted by molar-refractivity contribution is 0.0263. The smallest absolute Gasteiger partial charge is 0.160 e. The van der Waals surface area contributed by atoms with Crippen LogP contribution in [0.5, 0.6) is 17.2 Å². The molecule has 2 N–H and O–H groups in total. The second-order valence-corrected chi connectivity index (χ2v) is 5.51. The van der Waals surface area contributed by atoms with Crippen LogP contribution in [0.2, 0.25) is 0 Å². The van der Waals surface area contributed by atoms with Crippen LogP contribution in [0.3, 0.4) is 0 Å². The highest BCUT2D eigenvalue weighted by Crippen LogP contribution is 2.47. The van der Waals surface area contributed by atoms with Gasteiger partial charge < -0.3 is 24.4 Å². The first kappa shape index (κ1) is 16.4. The lowest BCUT2D eigenvalue weighted by atomic mass is 9.98. The summed E-state index contributed by atoms with van der Waals surface area (Å²) in [6.07, 6.45) is 2.94. The molecule has 0 unspecified atom stereocenters. The van der Waals surface area contributed by atoms with Crippen LogP contribution in [0.15, 0.2) is 42.5 Å². The molecule has 0 radical (unpaired) electrons. The van der Waals surface area contributed by atoms with Gasteiger partial charge in [-0.25, -0.2) is 0 Å². The molecule has 0 aliphatic carbocycles. The number of hydrogen-bond donors (Lipinski definition) is 2. The molecule has 126 valence electrons. The normalized spacial score (nSPS) is 19.3. The summed E-state index contributed by atoms with van der Waals surface area (Å²) >= 11 is 0. The molecule has 5 nitrogen and oxygen atoms in total. The number of fused-ring (bicyclic) bond motifs is 1. The molecule has 0 fully saturated rings. The summed E-state index contributed by atoms with van der Waals surface area (Å²) in [7, 11) is 3.15. The molecule has 1 aliphatic rings. The Morgan fingerprint density at radius 1 is 1.17 bits per heavy atom. The zero-order chi connectivity index (χ0) is 17.1. The fraction of sp³-hybridized carbons (Fsp3) is 0.263. The van der Waals surface area contributed by atoms with E-state index in [9.17, 15) is 5.11 Å². The lowest BCUT2D eigenvalue weighted by Crippen LogP contribution is -2.11. The predicted octanol–water partition coefficient (Wildman–Crippen LogP) is 3.23. The Labute approximate surface area is 140 Å². The van der Waals surface area contributed by atoms with Gasteiger partial charge in [-0.1, -0.05) is 24.3 Å². The summed E-state index contributed by atoms with van der Waals surface area (Å²) in [6, 6.07) is 11.0. The van der Waals surface area contributed by atoms with Crippen LogP contribution in [-0.4, -0.2) is 31.0 Å². The molecule has 0 saturated carbocycles. The molecule has 2 atom stereocenters. The second-order valence-electron chi connectivity index (χ2n) is 5.51. The van der Waals surface area contributed by atoms with Gasteiger partial charge in [0.05, 0.1) is 13.7 Å². The third-order valence-corrected chi connectivity index (χ3v) is 4.07. The Balaban J connectivity index is 1.95. The van der Waals surface area contributed by atoms with E-state index in [0.717, 1.165) is 22.4 Å². The highest BCUT2D eigenvalue weighted by Gasteiger charge is 2.36. The molecular weight excluding hydrogens is 308 g/mol. The average molecular weight is 328 g/mol. The van der Waals surface area contributed by atoms with E-state index in [4.69, 9.17) is 19.3 Å². The number of hydrogen-bond acceptors (Lipinski definition) is 5. The van der Waals surface area contributed by atoms with Gasteiger partial charge in [0.25, 0.3) is 0 Å². The van der Waals surface area contributed by atoms with Crippen molar-refractivity contribution in [1.82, 2.24) is 0 Å². The minimum Gasteiger partial charge on any atom is -0.504 e. The molecule has 0 saturated heterocycles. The number of benzene rings is 2. The number of methoxy groups -OCH3 is 2. The number of rotatable bonds is 5. The molecule has 0 spiro atoms. The molecule has 24 heavy (non-hydrogen) atoms. The Bertz CT molecular complexity index is 753. The Morgan fingerprint density at radius 2 is 2.00 bits per heavy atom. The molecular formula is C19H20O5. The van der Waals surface area contributed by atoms with Gasteiger partial charge in [-0.05, 0) is 35.4 Å². The Morgan fingerprint density at radius 3 is 2.71 bits per heavy atom. The van der Waals surface area contributed by atoms with Crippen molar-refractivity contribution in [2.24, 2.45) is 0 Å². The van der Waals surface area contributed by atoms with Gasteiger partial charge in [0.15, 0.2) is 17.6 Å². The summed E-state index contributed by atoms with van der Waals surface area (Å²) in [4.78, 5) is 0. The average Bonchev–Trinajstić information content (AvgIpc) is 2.98. The summed E-state index contributed by atoms with van der Waals surface area (Å²) in [5.41, 5.74) is 2.78. The van der Waals surface area contributed by atoms with Crippen molar-refractivity contribution in [2.75, 3.05) is 20.8 Å². The van der Waals surface area contributed by atoms with Crippen molar-refractivity contribution >= 4 is 6.08 Å². The van der Waals surface area contributed by atoms with Crippen LogP contribution in [0.25, 0.3) is 6.08 Å². The molecule has 2 aromatic carbocycles. The molecule has 2 aromatic rings. The maximum atomic E-state index is 9.77. The molecule has 3 rings (SSSR count). The van der Waals surface area contributed by atoms with E-state index in [1.807, 2.05) is 24.3 Å². The first-order valence-corrected chi connectivity index (χ1v) is 7.65. The Kier molecular flexibility index (Phi) is 4.74. The van der Waals surface area contributed by atoms with E-state index in [1.54, 1.807) is 31.4 Å². The minimum atomic E-state index is -0.323. The monoisotopic (exact) mass is 328 g/mol. The van der Waals surface area contributed by atoms with E-state index in [1.165, 1.54) is 7.11 Å². The standard InChI is InChI=1S/C19H20O5/c1-22-17-11-13(6-7-15(17)21)18-19(23-2)14-10-12(4-3-9-20)5-8-16(14)24-18/h3-8,10-11,18-21H,9H2,1-2H3/b4-3+/t18-,19+/m0/s1. The van der Waals surface area contributed by atoms with Crippen molar-refractivity contribution in [3.63, 3.8) is 0 Å². The van der Waals surface area contributed by atoms with E-state index < -0.39 is 0 Å². The van der Waals surface area contributed by atoms with Gasteiger partial charge >= 0.3 is 0 Å². The SMILES string of the molecule is COc1cc([C@@H]2Oc3ccc(/C=C/CO)cc3[C@H]2OC)ccc1O. The highest BCUT2D eigenvalue weighted by molar-refractivity contribution is 5.56. The maximum absolute atomic E-state index is 9.77. The molecule has 0 bridgehead atoms. The summed E-state index contributed by atoms with van der Waals surface area (Å²) in [5.74, 6) is 1.25. The molecule has 0 aromatic heterocycles. The van der Waals surface area contributed by atoms with Gasteiger partial charge in [-0.3, -0.25) is 0 Å². The van der Waals surface area contributed by atoms with Gasteiger partial charge in [-0.15, -0.1) is 0 Å². The minimum absolute atomic E-state index is 0.00276. The third-order valence-electron chi connectivity index (χ3n) is 4.07. The number of ether oxygens (including phenoxy) is 3. The largest absolute Gasteiger partial charge is 0.504 e. The Hall–Kier alpha value is -2.50. The van der Waals surface area contributed by atoms with Crippen molar-refractivity contribution in [3.8, 4) is 17.2 Å². The number of aromatic hydroxyl groups is 1. The lowest BCUT2D eigenvalue weighted by Gasteiger charge is -2.19. The van der Waals surface area contributed by atoms with Gasteiger partial charge in [0.1, 0.15) is 11.9 Å². The topological polar surface area (TPSA) is 68.2 Å². The second kappa shape index (κ2) is 6.95. The predicted molar refractivity (Wildman–Crippen MR) is 90.3 cm³/mol. The fourth-order valence-electron chi connectivity index (χ4n) is 2.92. The first-order chi connectivity index (χ1) is 11.7. The van der Waals surface area contributed by atoms with Crippen LogP contribution in [-0.2, 0) is 4.74 Å². The van der Waals surface area contributed by atoms with Crippen molar-refractivity contribution < 1.29 is 24.4 Å². The molecule has 1 heterocycles. The fourth-order valence-corrected chi connectivity index (χ4v) is 2.92. The summed E-state index contributed by atoms with van der Waals surface area (Å²) in [6.45, 7) is -0.00276. The third kappa shape index (κ3) is 2.96. The van der Waals surface area contributed by atoms with Gasteiger partial charge in [-0.2, -0.15) is 0 Å². The number of aliphatic hydroxyl groups is 1. The van der Waals surface area contributed by atoms with Crippen LogP contribution in [0, 0.1) is 0 Å². The quantitative estimate of drug-likeness (QED) is 0.882.